The van der Waals surface area contributed by atoms with Gasteiger partial charge < -0.3 is 10.5 Å². The molecular formula is C10H12ClNO2. The molecule has 0 amide bonds. The van der Waals surface area contributed by atoms with Crippen LogP contribution in [0.2, 0.25) is 5.02 Å². The van der Waals surface area contributed by atoms with Crippen LogP contribution in [0.5, 0.6) is 0 Å². The fourth-order valence-electron chi connectivity index (χ4n) is 1.13. The van der Waals surface area contributed by atoms with Gasteiger partial charge in [0.1, 0.15) is 0 Å². The van der Waals surface area contributed by atoms with Crippen molar-refractivity contribution in [3.8, 4) is 0 Å². The largest absolute Gasteiger partial charge is 0.462 e. The van der Waals surface area contributed by atoms with Crippen LogP contribution in [-0.2, 0) is 4.74 Å². The summed E-state index contributed by atoms with van der Waals surface area (Å²) < 4.78 is 4.84. The maximum Gasteiger partial charge on any atom is 0.338 e. The summed E-state index contributed by atoms with van der Waals surface area (Å²) in [5.41, 5.74) is 7.22. The van der Waals surface area contributed by atoms with Gasteiger partial charge in [0.15, 0.2) is 0 Å². The van der Waals surface area contributed by atoms with Crippen LogP contribution in [-0.4, -0.2) is 12.6 Å². The van der Waals surface area contributed by atoms with E-state index >= 15 is 0 Å². The number of carbonyl (C=O) groups is 1. The van der Waals surface area contributed by atoms with Gasteiger partial charge in [-0.15, -0.1) is 0 Å². The molecule has 1 aromatic rings. The highest BCUT2D eigenvalue weighted by atomic mass is 35.5. The molecule has 4 heteroatoms. The number of hydrogen-bond acceptors (Lipinski definition) is 3. The molecule has 0 fully saturated rings. The zero-order valence-electron chi connectivity index (χ0n) is 8.13. The summed E-state index contributed by atoms with van der Waals surface area (Å²) in [6.45, 7) is 3.89. The number of benzene rings is 1. The van der Waals surface area contributed by atoms with E-state index in [1.165, 1.54) is 6.07 Å². The molecule has 0 saturated carbocycles. The van der Waals surface area contributed by atoms with Gasteiger partial charge in [-0.2, -0.15) is 0 Å². The number of halogens is 1. The normalized spacial score (nSPS) is 9.93. The summed E-state index contributed by atoms with van der Waals surface area (Å²) in [5.74, 6) is -0.376. The molecule has 0 radical (unpaired) electrons. The predicted octanol–water partition coefficient (Wildman–Crippen LogP) is 2.41. The molecule has 0 unspecified atom stereocenters. The number of aryl methyl sites for hydroxylation is 1. The van der Waals surface area contributed by atoms with Crippen LogP contribution in [0.1, 0.15) is 22.8 Å². The minimum atomic E-state index is -0.376. The van der Waals surface area contributed by atoms with Gasteiger partial charge in [0, 0.05) is 0 Å². The summed E-state index contributed by atoms with van der Waals surface area (Å²) in [6, 6.07) is 3.18. The molecule has 0 saturated heterocycles. The molecule has 2 N–H and O–H groups in total. The average molecular weight is 214 g/mol. The van der Waals surface area contributed by atoms with Crippen molar-refractivity contribution in [3.63, 3.8) is 0 Å². The molecule has 0 aromatic heterocycles. The first-order valence-electron chi connectivity index (χ1n) is 4.29. The third kappa shape index (κ3) is 2.17. The summed E-state index contributed by atoms with van der Waals surface area (Å²) in [4.78, 5) is 11.3. The third-order valence-electron chi connectivity index (χ3n) is 1.79. The number of esters is 1. The fraction of sp³-hybridized carbons (Fsp3) is 0.300. The molecule has 0 bridgehead atoms. The Balaban J connectivity index is 3.06. The summed E-state index contributed by atoms with van der Waals surface area (Å²) in [5, 5.41) is 0.484. The van der Waals surface area contributed by atoms with E-state index in [-0.39, 0.29) is 5.97 Å². The highest BCUT2D eigenvalue weighted by Crippen LogP contribution is 2.24. The van der Waals surface area contributed by atoms with Crippen molar-refractivity contribution >= 4 is 23.3 Å². The summed E-state index contributed by atoms with van der Waals surface area (Å²) in [6.07, 6.45) is 0. The van der Waals surface area contributed by atoms with Gasteiger partial charge in [-0.05, 0) is 31.5 Å². The van der Waals surface area contributed by atoms with Crippen molar-refractivity contribution in [1.29, 1.82) is 0 Å². The van der Waals surface area contributed by atoms with Gasteiger partial charge in [-0.25, -0.2) is 4.79 Å². The molecule has 0 heterocycles. The predicted molar refractivity (Wildman–Crippen MR) is 56.6 cm³/mol. The second kappa shape index (κ2) is 4.33. The second-order valence-corrected chi connectivity index (χ2v) is 3.29. The van der Waals surface area contributed by atoms with E-state index in [2.05, 4.69) is 0 Å². The Morgan fingerprint density at radius 1 is 1.57 bits per heavy atom. The Labute approximate surface area is 87.8 Å². The number of hydrogen-bond donors (Lipinski definition) is 1. The lowest BCUT2D eigenvalue weighted by Crippen LogP contribution is -2.06. The maximum absolute atomic E-state index is 11.3. The first kappa shape index (κ1) is 10.9. The number of nitrogens with two attached hydrogens (primary N) is 1. The topological polar surface area (TPSA) is 52.3 Å². The monoisotopic (exact) mass is 213 g/mol. The third-order valence-corrected chi connectivity index (χ3v) is 2.31. The van der Waals surface area contributed by atoms with E-state index in [1.54, 1.807) is 19.9 Å². The molecule has 3 nitrogen and oxygen atoms in total. The van der Waals surface area contributed by atoms with E-state index in [4.69, 9.17) is 22.1 Å². The van der Waals surface area contributed by atoms with Crippen LogP contribution in [0.15, 0.2) is 12.1 Å². The summed E-state index contributed by atoms with van der Waals surface area (Å²) in [7, 11) is 0. The molecule has 0 aliphatic heterocycles. The Hall–Kier alpha value is -1.22. The van der Waals surface area contributed by atoms with Gasteiger partial charge in [0.25, 0.3) is 0 Å². The van der Waals surface area contributed by atoms with Gasteiger partial charge in [0.05, 0.1) is 22.9 Å². The zero-order valence-corrected chi connectivity index (χ0v) is 8.89. The molecule has 0 spiro atoms. The Morgan fingerprint density at radius 3 is 2.71 bits per heavy atom. The second-order valence-electron chi connectivity index (χ2n) is 2.92. The van der Waals surface area contributed by atoms with Crippen LogP contribution in [0, 0.1) is 6.92 Å². The van der Waals surface area contributed by atoms with E-state index in [0.717, 1.165) is 5.56 Å². The fourth-order valence-corrected chi connectivity index (χ4v) is 1.24. The lowest BCUT2D eigenvalue weighted by Gasteiger charge is -2.06. The molecular weight excluding hydrogens is 202 g/mol. The van der Waals surface area contributed by atoms with E-state index in [0.29, 0.717) is 22.9 Å². The lowest BCUT2D eigenvalue weighted by atomic mass is 10.1. The summed E-state index contributed by atoms with van der Waals surface area (Å²) >= 11 is 5.85. The highest BCUT2D eigenvalue weighted by Gasteiger charge is 2.10. The zero-order chi connectivity index (χ0) is 10.7. The highest BCUT2D eigenvalue weighted by molar-refractivity contribution is 6.34. The van der Waals surface area contributed by atoms with Gasteiger partial charge in [-0.1, -0.05) is 11.6 Å². The lowest BCUT2D eigenvalue weighted by molar-refractivity contribution is 0.0526. The minimum absolute atomic E-state index is 0.348. The smallest absolute Gasteiger partial charge is 0.338 e. The van der Waals surface area contributed by atoms with Crippen molar-refractivity contribution in [1.82, 2.24) is 0 Å². The number of anilines is 1. The first-order valence-corrected chi connectivity index (χ1v) is 4.66. The Bertz CT molecular complexity index is 340. The number of nitrogen functional groups attached to an aromatic ring is 1. The van der Waals surface area contributed by atoms with Gasteiger partial charge >= 0.3 is 5.97 Å². The maximum atomic E-state index is 11.3. The number of carbonyl (C=O) groups excluding carboxylic acids is 1. The van der Waals surface area contributed by atoms with Crippen LogP contribution in [0.4, 0.5) is 5.69 Å². The van der Waals surface area contributed by atoms with E-state index in [9.17, 15) is 4.79 Å². The van der Waals surface area contributed by atoms with Crippen LogP contribution in [0.25, 0.3) is 0 Å². The van der Waals surface area contributed by atoms with Crippen LogP contribution in [0.3, 0.4) is 0 Å². The SMILES string of the molecule is CCOC(=O)c1cc(C)c(Cl)c(N)c1. The van der Waals surface area contributed by atoms with Crippen molar-refractivity contribution < 1.29 is 9.53 Å². The van der Waals surface area contributed by atoms with E-state index < -0.39 is 0 Å². The van der Waals surface area contributed by atoms with Crippen LogP contribution >= 0.6 is 11.6 Å². The van der Waals surface area contributed by atoms with Crippen molar-refractivity contribution in [2.24, 2.45) is 0 Å². The Kier molecular flexibility index (Phi) is 3.36. The molecule has 0 aliphatic rings. The van der Waals surface area contributed by atoms with Crippen molar-refractivity contribution in [2.45, 2.75) is 13.8 Å². The first-order chi connectivity index (χ1) is 6.56. The van der Waals surface area contributed by atoms with Crippen molar-refractivity contribution in [2.75, 3.05) is 12.3 Å². The van der Waals surface area contributed by atoms with Crippen molar-refractivity contribution in [3.05, 3.63) is 28.3 Å². The van der Waals surface area contributed by atoms with Crippen LogP contribution < -0.4 is 5.73 Å². The molecule has 1 aromatic carbocycles. The molecule has 14 heavy (non-hydrogen) atoms. The quantitative estimate of drug-likeness (QED) is 0.606. The minimum Gasteiger partial charge on any atom is -0.462 e. The van der Waals surface area contributed by atoms with Gasteiger partial charge in [-0.3, -0.25) is 0 Å². The molecule has 76 valence electrons. The molecule has 0 atom stereocenters. The molecule has 1 rings (SSSR count). The average Bonchev–Trinajstić information content (AvgIpc) is 2.13. The Morgan fingerprint density at radius 2 is 2.21 bits per heavy atom. The molecule has 0 aliphatic carbocycles. The number of rotatable bonds is 2. The van der Waals surface area contributed by atoms with Gasteiger partial charge in [0.2, 0.25) is 0 Å². The van der Waals surface area contributed by atoms with E-state index in [1.807, 2.05) is 0 Å². The number of ether oxygens (including phenoxy) is 1. The standard InChI is InChI=1S/C10H12ClNO2/c1-3-14-10(13)7-4-6(2)9(11)8(12)5-7/h4-5H,3,12H2,1-2H3.